The van der Waals surface area contributed by atoms with Gasteiger partial charge in [0.1, 0.15) is 5.82 Å². The summed E-state index contributed by atoms with van der Waals surface area (Å²) in [5.41, 5.74) is 1.35. The lowest BCUT2D eigenvalue weighted by Crippen LogP contribution is -2.64. The van der Waals surface area contributed by atoms with Crippen molar-refractivity contribution in [3.05, 3.63) is 36.2 Å². The van der Waals surface area contributed by atoms with E-state index in [1.54, 1.807) is 11.3 Å². The van der Waals surface area contributed by atoms with Crippen LogP contribution in [0.4, 0.5) is 5.13 Å². The molecule has 5 heterocycles. The maximum absolute atomic E-state index is 4.67. The molecular weight excluding hydrogens is 292 g/mol. The van der Waals surface area contributed by atoms with Gasteiger partial charge in [0.15, 0.2) is 5.13 Å². The highest BCUT2D eigenvalue weighted by Gasteiger charge is 2.48. The first kappa shape index (κ1) is 12.9. The molecule has 2 aromatic rings. The third-order valence-electron chi connectivity index (χ3n) is 5.46. The van der Waals surface area contributed by atoms with E-state index in [4.69, 9.17) is 0 Å². The van der Waals surface area contributed by atoms with E-state index in [9.17, 15) is 0 Å². The molecule has 1 aromatic carbocycles. The molecule has 3 fully saturated rings. The highest BCUT2D eigenvalue weighted by atomic mass is 32.1. The largest absolute Gasteiger partial charge is 0.365 e. The molecule has 1 unspecified atom stereocenters. The van der Waals surface area contributed by atoms with E-state index in [1.165, 1.54) is 37.2 Å². The molecule has 0 amide bonds. The maximum atomic E-state index is 4.67. The molecule has 22 heavy (non-hydrogen) atoms. The minimum atomic E-state index is 0.273. The van der Waals surface area contributed by atoms with Crippen LogP contribution in [0.3, 0.4) is 0 Å². The molecule has 2 N–H and O–H groups in total. The third kappa shape index (κ3) is 1.96. The second kappa shape index (κ2) is 4.70. The second-order valence-corrected chi connectivity index (χ2v) is 7.80. The van der Waals surface area contributed by atoms with Gasteiger partial charge in [-0.2, -0.15) is 0 Å². The van der Waals surface area contributed by atoms with E-state index in [2.05, 4.69) is 44.8 Å². The summed E-state index contributed by atoms with van der Waals surface area (Å²) in [7, 11) is 0. The molecule has 2 bridgehead atoms. The van der Waals surface area contributed by atoms with Gasteiger partial charge in [0.05, 0.1) is 15.8 Å². The first-order valence-electron chi connectivity index (χ1n) is 8.14. The smallest absolute Gasteiger partial charge is 0.189 e. The van der Waals surface area contributed by atoms with Crippen molar-refractivity contribution in [3.8, 4) is 0 Å². The van der Waals surface area contributed by atoms with Crippen LogP contribution in [-0.2, 0) is 0 Å². The van der Waals surface area contributed by atoms with Gasteiger partial charge < -0.3 is 15.5 Å². The van der Waals surface area contributed by atoms with Crippen LogP contribution in [0.5, 0.6) is 0 Å². The average molecular weight is 312 g/mol. The van der Waals surface area contributed by atoms with Gasteiger partial charge in [-0.1, -0.05) is 23.5 Å². The predicted octanol–water partition coefficient (Wildman–Crippen LogP) is 3.01. The van der Waals surface area contributed by atoms with Crippen LogP contribution in [-0.4, -0.2) is 35.1 Å². The Balaban J connectivity index is 1.35. The summed E-state index contributed by atoms with van der Waals surface area (Å²) in [6.07, 6.45) is 6.15. The molecule has 0 aliphatic carbocycles. The lowest BCUT2D eigenvalue weighted by atomic mass is 9.72. The van der Waals surface area contributed by atoms with E-state index in [0.29, 0.717) is 0 Å². The van der Waals surface area contributed by atoms with Crippen LogP contribution in [0.2, 0.25) is 0 Å². The zero-order valence-electron chi connectivity index (χ0n) is 12.5. The molecule has 4 aliphatic heterocycles. The molecule has 114 valence electrons. The maximum Gasteiger partial charge on any atom is 0.189 e. The molecule has 6 rings (SSSR count). The number of nitrogens with one attached hydrogen (secondary N) is 2. The Bertz CT molecular complexity index is 711. The topological polar surface area (TPSA) is 40.2 Å². The first-order chi connectivity index (χ1) is 10.8. The predicted molar refractivity (Wildman–Crippen MR) is 91.0 cm³/mol. The van der Waals surface area contributed by atoms with Crippen molar-refractivity contribution in [2.45, 2.75) is 24.8 Å². The Labute approximate surface area is 134 Å². The lowest BCUT2D eigenvalue weighted by Gasteiger charge is -2.52. The van der Waals surface area contributed by atoms with Crippen molar-refractivity contribution in [2.24, 2.45) is 5.92 Å². The summed E-state index contributed by atoms with van der Waals surface area (Å²) in [5.74, 6) is 1.97. The van der Waals surface area contributed by atoms with E-state index in [0.717, 1.165) is 28.8 Å². The average Bonchev–Trinajstić information content (AvgIpc) is 3.12. The van der Waals surface area contributed by atoms with Gasteiger partial charge in [-0.05, 0) is 56.5 Å². The van der Waals surface area contributed by atoms with E-state index in [-0.39, 0.29) is 5.54 Å². The molecule has 0 radical (unpaired) electrons. The van der Waals surface area contributed by atoms with Gasteiger partial charge in [0, 0.05) is 6.54 Å². The van der Waals surface area contributed by atoms with E-state index >= 15 is 0 Å². The minimum Gasteiger partial charge on any atom is -0.365 e. The third-order valence-corrected chi connectivity index (χ3v) is 6.42. The van der Waals surface area contributed by atoms with Crippen LogP contribution >= 0.6 is 11.3 Å². The van der Waals surface area contributed by atoms with Gasteiger partial charge in [-0.3, -0.25) is 0 Å². The molecule has 3 saturated heterocycles. The molecule has 4 nitrogen and oxygen atoms in total. The highest BCUT2D eigenvalue weighted by Crippen LogP contribution is 2.41. The van der Waals surface area contributed by atoms with Gasteiger partial charge >= 0.3 is 0 Å². The van der Waals surface area contributed by atoms with Crippen molar-refractivity contribution in [3.63, 3.8) is 0 Å². The van der Waals surface area contributed by atoms with Crippen molar-refractivity contribution in [2.75, 3.05) is 25.0 Å². The Morgan fingerprint density at radius 1 is 1.27 bits per heavy atom. The van der Waals surface area contributed by atoms with E-state index < -0.39 is 0 Å². The lowest BCUT2D eigenvalue weighted by molar-refractivity contribution is 0.0189. The summed E-state index contributed by atoms with van der Waals surface area (Å²) in [6.45, 7) is 3.77. The van der Waals surface area contributed by atoms with Crippen LogP contribution in [0.15, 0.2) is 36.2 Å². The van der Waals surface area contributed by atoms with Crippen LogP contribution in [0.25, 0.3) is 10.2 Å². The Kier molecular flexibility index (Phi) is 2.76. The summed E-state index contributed by atoms with van der Waals surface area (Å²) in [4.78, 5) is 7.29. The summed E-state index contributed by atoms with van der Waals surface area (Å²) >= 11 is 1.72. The fourth-order valence-corrected chi connectivity index (χ4v) is 5.20. The standard InChI is InChI=1S/C17H20N4S/c1-2-4-14-13(3-1)18-16(22-14)19-15-5-8-17(20-15)11-21-9-6-12(17)7-10-21/h1-5,12,20H,6-11H2,(H,18,19). The fraction of sp³-hybridized carbons (Fsp3) is 0.471. The van der Waals surface area contributed by atoms with E-state index in [1.807, 2.05) is 6.07 Å². The molecule has 0 saturated carbocycles. The van der Waals surface area contributed by atoms with Gasteiger partial charge in [-0.25, -0.2) is 4.98 Å². The molecule has 4 aliphatic rings. The van der Waals surface area contributed by atoms with Crippen molar-refractivity contribution in [1.29, 1.82) is 0 Å². The fourth-order valence-electron chi connectivity index (χ4n) is 4.32. The van der Waals surface area contributed by atoms with Crippen LogP contribution in [0, 0.1) is 5.92 Å². The number of fused-ring (bicyclic) bond motifs is 3. The number of rotatable bonds is 2. The van der Waals surface area contributed by atoms with Crippen molar-refractivity contribution >= 4 is 26.7 Å². The zero-order valence-corrected chi connectivity index (χ0v) is 13.3. The SMILES string of the molecule is C1=C(Nc2nc3ccccc3s2)NC2(C1)CN1CCC2CC1. The number of para-hydroxylation sites is 1. The zero-order chi connectivity index (χ0) is 14.6. The second-order valence-electron chi connectivity index (χ2n) is 6.77. The first-order valence-corrected chi connectivity index (χ1v) is 8.96. The minimum absolute atomic E-state index is 0.273. The number of thiazole rings is 1. The Morgan fingerprint density at radius 3 is 2.91 bits per heavy atom. The molecule has 1 aromatic heterocycles. The highest BCUT2D eigenvalue weighted by molar-refractivity contribution is 7.22. The summed E-state index contributed by atoms with van der Waals surface area (Å²) in [6, 6.07) is 8.31. The monoisotopic (exact) mass is 312 g/mol. The number of piperidine rings is 3. The number of hydrogen-bond donors (Lipinski definition) is 2. The van der Waals surface area contributed by atoms with Crippen molar-refractivity contribution in [1.82, 2.24) is 15.2 Å². The molecule has 1 spiro atoms. The summed E-state index contributed by atoms with van der Waals surface area (Å²) < 4.78 is 1.24. The molecular formula is C17H20N4S. The van der Waals surface area contributed by atoms with Gasteiger partial charge in [0.2, 0.25) is 0 Å². The normalized spacial score (nSPS) is 33.2. The Morgan fingerprint density at radius 2 is 2.14 bits per heavy atom. The number of anilines is 1. The van der Waals surface area contributed by atoms with Crippen LogP contribution < -0.4 is 10.6 Å². The Hall–Kier alpha value is -1.59. The van der Waals surface area contributed by atoms with Gasteiger partial charge in [-0.15, -0.1) is 0 Å². The number of aromatic nitrogens is 1. The quantitative estimate of drug-likeness (QED) is 0.894. The molecule has 1 atom stereocenters. The number of hydrogen-bond acceptors (Lipinski definition) is 5. The summed E-state index contributed by atoms with van der Waals surface area (Å²) in [5, 5.41) is 8.29. The van der Waals surface area contributed by atoms with Crippen LogP contribution in [0.1, 0.15) is 19.3 Å². The van der Waals surface area contributed by atoms with Crippen molar-refractivity contribution < 1.29 is 0 Å². The number of benzene rings is 1. The number of nitrogens with zero attached hydrogens (tertiary/aromatic N) is 2. The van der Waals surface area contributed by atoms with Gasteiger partial charge in [0.25, 0.3) is 0 Å². The molecule has 5 heteroatoms.